The molecular weight excluding hydrogens is 274 g/mol. The number of nitrogens with zero attached hydrogens (tertiary/aromatic N) is 1. The van der Waals surface area contributed by atoms with Crippen molar-refractivity contribution >= 4 is 0 Å². The molecule has 0 aliphatic rings. The van der Waals surface area contributed by atoms with Gasteiger partial charge in [-0.05, 0) is 54.8 Å². The summed E-state index contributed by atoms with van der Waals surface area (Å²) in [7, 11) is 1.63. The van der Waals surface area contributed by atoms with Gasteiger partial charge in [0.05, 0.1) is 25.7 Å². The molecule has 1 unspecified atom stereocenters. The summed E-state index contributed by atoms with van der Waals surface area (Å²) in [4.78, 5) is 0. The second-order valence-corrected chi connectivity index (χ2v) is 5.42. The summed E-state index contributed by atoms with van der Waals surface area (Å²) in [5, 5.41) is 9.38. The summed E-state index contributed by atoms with van der Waals surface area (Å²) in [6.07, 6.45) is 0.649. The van der Waals surface area contributed by atoms with E-state index < -0.39 is 0 Å². The number of rotatable bonds is 6. The van der Waals surface area contributed by atoms with Crippen molar-refractivity contribution in [2.24, 2.45) is 0 Å². The molecule has 22 heavy (non-hydrogen) atoms. The van der Waals surface area contributed by atoms with Gasteiger partial charge in [0.15, 0.2) is 0 Å². The van der Waals surface area contributed by atoms with E-state index in [2.05, 4.69) is 12.1 Å². The van der Waals surface area contributed by atoms with Crippen molar-refractivity contribution in [3.05, 3.63) is 59.2 Å². The molecule has 0 aromatic heterocycles. The lowest BCUT2D eigenvalue weighted by molar-refractivity contribution is 0.305. The largest absolute Gasteiger partial charge is 0.497 e. The molecule has 0 aliphatic carbocycles. The highest BCUT2D eigenvalue weighted by Gasteiger charge is 2.11. The molecule has 0 bridgehead atoms. The van der Waals surface area contributed by atoms with E-state index in [-0.39, 0.29) is 5.92 Å². The van der Waals surface area contributed by atoms with Gasteiger partial charge in [0.2, 0.25) is 0 Å². The minimum Gasteiger partial charge on any atom is -0.497 e. The molecule has 114 valence electrons. The first kappa shape index (κ1) is 15.9. The molecule has 2 aromatic carbocycles. The van der Waals surface area contributed by atoms with Crippen molar-refractivity contribution in [3.8, 4) is 17.6 Å². The lowest BCUT2D eigenvalue weighted by Crippen LogP contribution is -2.05. The Bertz CT molecular complexity index is 653. The minimum absolute atomic E-state index is 0.194. The van der Waals surface area contributed by atoms with Crippen LogP contribution in [0.4, 0.5) is 0 Å². The molecule has 0 saturated heterocycles. The van der Waals surface area contributed by atoms with Crippen LogP contribution in [0.3, 0.4) is 0 Å². The van der Waals surface area contributed by atoms with Crippen LogP contribution in [0, 0.1) is 25.2 Å². The molecule has 3 heteroatoms. The normalized spacial score (nSPS) is 11.5. The second kappa shape index (κ2) is 7.51. The predicted octanol–water partition coefficient (Wildman–Crippen LogP) is 4.39. The van der Waals surface area contributed by atoms with E-state index in [9.17, 15) is 5.26 Å². The van der Waals surface area contributed by atoms with Crippen LogP contribution in [0.5, 0.6) is 11.5 Å². The molecule has 0 spiro atoms. The highest BCUT2D eigenvalue weighted by molar-refractivity contribution is 5.34. The van der Waals surface area contributed by atoms with Crippen LogP contribution in [0.2, 0.25) is 0 Å². The first-order chi connectivity index (χ1) is 10.6. The van der Waals surface area contributed by atoms with Gasteiger partial charge in [0.1, 0.15) is 11.5 Å². The van der Waals surface area contributed by atoms with E-state index >= 15 is 0 Å². The standard InChI is InChI=1S/C19H21NO2/c1-14-9-15(2)11-19(10-14)22-8-7-17(13-20)16-5-4-6-18(12-16)21-3/h4-6,9-12,17H,7-8H2,1-3H3. The molecule has 0 amide bonds. The molecule has 0 heterocycles. The molecule has 3 nitrogen and oxygen atoms in total. The van der Waals surface area contributed by atoms with Crippen LogP contribution >= 0.6 is 0 Å². The van der Waals surface area contributed by atoms with Crippen LogP contribution in [0.1, 0.15) is 29.0 Å². The fourth-order valence-corrected chi connectivity index (χ4v) is 2.47. The Labute approximate surface area is 132 Å². The van der Waals surface area contributed by atoms with Gasteiger partial charge in [0.25, 0.3) is 0 Å². The lowest BCUT2D eigenvalue weighted by Gasteiger charge is -2.12. The molecule has 2 aromatic rings. The van der Waals surface area contributed by atoms with Gasteiger partial charge < -0.3 is 9.47 Å². The molecule has 0 radical (unpaired) electrons. The van der Waals surface area contributed by atoms with Gasteiger partial charge in [-0.1, -0.05) is 18.2 Å². The summed E-state index contributed by atoms with van der Waals surface area (Å²) in [6, 6.07) is 16.1. The maximum absolute atomic E-state index is 9.38. The van der Waals surface area contributed by atoms with E-state index in [1.54, 1.807) is 7.11 Å². The van der Waals surface area contributed by atoms with Gasteiger partial charge >= 0.3 is 0 Å². The van der Waals surface area contributed by atoms with Crippen LogP contribution in [-0.4, -0.2) is 13.7 Å². The quantitative estimate of drug-likeness (QED) is 0.793. The Morgan fingerprint density at radius 2 is 1.77 bits per heavy atom. The van der Waals surface area contributed by atoms with Gasteiger partial charge in [-0.15, -0.1) is 0 Å². The average Bonchev–Trinajstić information content (AvgIpc) is 2.50. The minimum atomic E-state index is -0.194. The summed E-state index contributed by atoms with van der Waals surface area (Å²) in [6.45, 7) is 4.61. The molecule has 0 saturated carbocycles. The molecule has 0 N–H and O–H groups in total. The van der Waals surface area contributed by atoms with E-state index in [0.29, 0.717) is 13.0 Å². The van der Waals surface area contributed by atoms with Crippen molar-refractivity contribution in [2.45, 2.75) is 26.2 Å². The van der Waals surface area contributed by atoms with Crippen molar-refractivity contribution in [3.63, 3.8) is 0 Å². The molecule has 2 rings (SSSR count). The zero-order chi connectivity index (χ0) is 15.9. The van der Waals surface area contributed by atoms with Crippen molar-refractivity contribution < 1.29 is 9.47 Å². The van der Waals surface area contributed by atoms with Crippen LogP contribution < -0.4 is 9.47 Å². The lowest BCUT2D eigenvalue weighted by atomic mass is 9.97. The number of benzene rings is 2. The van der Waals surface area contributed by atoms with Gasteiger partial charge in [-0.3, -0.25) is 0 Å². The first-order valence-electron chi connectivity index (χ1n) is 7.37. The van der Waals surface area contributed by atoms with Crippen LogP contribution in [0.25, 0.3) is 0 Å². The number of hydrogen-bond donors (Lipinski definition) is 0. The van der Waals surface area contributed by atoms with E-state index in [0.717, 1.165) is 17.1 Å². The van der Waals surface area contributed by atoms with E-state index in [4.69, 9.17) is 9.47 Å². The third kappa shape index (κ3) is 4.26. The fourth-order valence-electron chi connectivity index (χ4n) is 2.47. The maximum atomic E-state index is 9.38. The molecule has 1 atom stereocenters. The average molecular weight is 295 g/mol. The van der Waals surface area contributed by atoms with Crippen molar-refractivity contribution in [1.82, 2.24) is 0 Å². The smallest absolute Gasteiger partial charge is 0.119 e. The van der Waals surface area contributed by atoms with Gasteiger partial charge in [-0.2, -0.15) is 5.26 Å². The van der Waals surface area contributed by atoms with Crippen molar-refractivity contribution in [1.29, 1.82) is 5.26 Å². The Kier molecular flexibility index (Phi) is 5.43. The van der Waals surface area contributed by atoms with E-state index in [1.165, 1.54) is 11.1 Å². The highest BCUT2D eigenvalue weighted by atomic mass is 16.5. The highest BCUT2D eigenvalue weighted by Crippen LogP contribution is 2.24. The summed E-state index contributed by atoms with van der Waals surface area (Å²) >= 11 is 0. The van der Waals surface area contributed by atoms with Crippen LogP contribution in [-0.2, 0) is 0 Å². The number of nitriles is 1. The molecule has 0 fully saturated rings. The SMILES string of the molecule is COc1cccc(C(C#N)CCOc2cc(C)cc(C)c2)c1. The summed E-state index contributed by atoms with van der Waals surface area (Å²) < 4.78 is 11.0. The Balaban J connectivity index is 1.98. The topological polar surface area (TPSA) is 42.2 Å². The Hall–Kier alpha value is -2.47. The number of hydrogen-bond acceptors (Lipinski definition) is 3. The zero-order valence-corrected chi connectivity index (χ0v) is 13.3. The Morgan fingerprint density at radius 3 is 2.41 bits per heavy atom. The number of methoxy groups -OCH3 is 1. The monoisotopic (exact) mass is 295 g/mol. The Morgan fingerprint density at radius 1 is 1.05 bits per heavy atom. The van der Waals surface area contributed by atoms with Crippen LogP contribution in [0.15, 0.2) is 42.5 Å². The number of aryl methyl sites for hydroxylation is 2. The third-order valence-corrected chi connectivity index (χ3v) is 3.52. The van der Waals surface area contributed by atoms with Gasteiger partial charge in [0, 0.05) is 6.42 Å². The third-order valence-electron chi connectivity index (χ3n) is 3.52. The summed E-state index contributed by atoms with van der Waals surface area (Å²) in [5.74, 6) is 1.44. The fraction of sp³-hybridized carbons (Fsp3) is 0.316. The second-order valence-electron chi connectivity index (χ2n) is 5.42. The molecular formula is C19H21NO2. The summed E-state index contributed by atoms with van der Waals surface area (Å²) in [5.41, 5.74) is 3.32. The van der Waals surface area contributed by atoms with Gasteiger partial charge in [-0.25, -0.2) is 0 Å². The van der Waals surface area contributed by atoms with Crippen molar-refractivity contribution in [2.75, 3.05) is 13.7 Å². The predicted molar refractivity (Wildman–Crippen MR) is 87.4 cm³/mol. The first-order valence-corrected chi connectivity index (χ1v) is 7.37. The molecule has 0 aliphatic heterocycles. The number of ether oxygens (including phenoxy) is 2. The maximum Gasteiger partial charge on any atom is 0.119 e. The zero-order valence-electron chi connectivity index (χ0n) is 13.3. The van der Waals surface area contributed by atoms with E-state index in [1.807, 2.05) is 50.2 Å².